The highest BCUT2D eigenvalue weighted by Crippen LogP contribution is 2.32. The van der Waals surface area contributed by atoms with Gasteiger partial charge in [-0.25, -0.2) is 0 Å². The largest absolute Gasteiger partial charge is 0.383 e. The summed E-state index contributed by atoms with van der Waals surface area (Å²) < 4.78 is 5.09. The summed E-state index contributed by atoms with van der Waals surface area (Å²) in [5, 5.41) is 5.62. The van der Waals surface area contributed by atoms with Crippen LogP contribution in [0, 0.1) is 0 Å². The molecule has 1 aliphatic heterocycles. The van der Waals surface area contributed by atoms with Crippen molar-refractivity contribution in [2.75, 3.05) is 33.4 Å². The van der Waals surface area contributed by atoms with Gasteiger partial charge in [0, 0.05) is 30.8 Å². The highest BCUT2D eigenvalue weighted by atomic mass is 16.5. The summed E-state index contributed by atoms with van der Waals surface area (Å²) >= 11 is 0. The van der Waals surface area contributed by atoms with Gasteiger partial charge in [-0.1, -0.05) is 6.92 Å². The minimum absolute atomic E-state index is 0.0389. The maximum Gasteiger partial charge on any atom is 0.264 e. The van der Waals surface area contributed by atoms with Crippen LogP contribution in [0.2, 0.25) is 0 Å². The number of aromatic nitrogens is 2. The fourth-order valence-electron chi connectivity index (χ4n) is 2.42. The Morgan fingerprint density at radius 2 is 2.12 bits per heavy atom. The molecule has 2 heterocycles. The lowest BCUT2D eigenvalue weighted by Crippen LogP contribution is -2.42. The molecule has 1 fully saturated rings. The number of hydrogen-bond acceptors (Lipinski definition) is 3. The summed E-state index contributed by atoms with van der Waals surface area (Å²) in [6.45, 7) is 6.13. The van der Waals surface area contributed by atoms with E-state index in [0.717, 1.165) is 44.8 Å². The maximum absolute atomic E-state index is 11.2. The predicted molar refractivity (Wildman–Crippen MR) is 66.3 cm³/mol. The van der Waals surface area contributed by atoms with Gasteiger partial charge >= 0.3 is 0 Å². The number of H-pyrrole nitrogens is 2. The number of rotatable bonds is 4. The number of hydrogen-bond donors (Lipinski definition) is 2. The molecule has 0 amide bonds. The molecule has 1 saturated heterocycles. The molecule has 2 N–H and O–H groups in total. The zero-order valence-electron chi connectivity index (χ0n) is 10.6. The number of aromatic amines is 2. The Kier molecular flexibility index (Phi) is 3.69. The quantitative estimate of drug-likeness (QED) is 0.813. The summed E-state index contributed by atoms with van der Waals surface area (Å²) in [7, 11) is 1.73. The van der Waals surface area contributed by atoms with Crippen LogP contribution in [0.5, 0.6) is 0 Å². The minimum atomic E-state index is -0.0389. The second-order valence-corrected chi connectivity index (χ2v) is 5.07. The van der Waals surface area contributed by atoms with Crippen molar-refractivity contribution >= 4 is 0 Å². The first-order valence-electron chi connectivity index (χ1n) is 6.13. The molecule has 0 aromatic carbocycles. The molecule has 17 heavy (non-hydrogen) atoms. The van der Waals surface area contributed by atoms with E-state index in [2.05, 4.69) is 22.0 Å². The molecule has 1 aromatic rings. The third kappa shape index (κ3) is 2.79. The average Bonchev–Trinajstić information content (AvgIpc) is 2.76. The van der Waals surface area contributed by atoms with Gasteiger partial charge in [-0.05, 0) is 25.9 Å². The van der Waals surface area contributed by atoms with Crippen molar-refractivity contribution < 1.29 is 4.74 Å². The summed E-state index contributed by atoms with van der Waals surface area (Å²) in [6, 6.07) is 1.69. The van der Waals surface area contributed by atoms with Crippen molar-refractivity contribution in [3.8, 4) is 0 Å². The van der Waals surface area contributed by atoms with Gasteiger partial charge in [0.15, 0.2) is 0 Å². The first-order valence-corrected chi connectivity index (χ1v) is 6.13. The molecule has 0 unspecified atom stereocenters. The Morgan fingerprint density at radius 3 is 2.65 bits per heavy atom. The van der Waals surface area contributed by atoms with Gasteiger partial charge in [-0.3, -0.25) is 9.89 Å². The van der Waals surface area contributed by atoms with Crippen molar-refractivity contribution in [3.05, 3.63) is 22.1 Å². The number of methoxy groups -OCH3 is 1. The Labute approximate surface area is 101 Å². The third-order valence-corrected chi connectivity index (χ3v) is 3.82. The van der Waals surface area contributed by atoms with Crippen molar-refractivity contribution in [2.45, 2.75) is 25.2 Å². The van der Waals surface area contributed by atoms with Gasteiger partial charge in [0.25, 0.3) is 5.56 Å². The molecule has 5 heteroatoms. The van der Waals surface area contributed by atoms with Gasteiger partial charge in [0.2, 0.25) is 0 Å². The number of likely N-dealkylation sites (tertiary alicyclic amines) is 1. The fraction of sp³-hybridized carbons (Fsp3) is 0.750. The van der Waals surface area contributed by atoms with E-state index in [1.54, 1.807) is 13.2 Å². The molecule has 5 nitrogen and oxygen atoms in total. The second-order valence-electron chi connectivity index (χ2n) is 5.07. The van der Waals surface area contributed by atoms with Crippen LogP contribution in [-0.4, -0.2) is 48.4 Å². The van der Waals surface area contributed by atoms with Crippen molar-refractivity contribution in [1.82, 2.24) is 15.1 Å². The standard InChI is InChI=1S/C12H21N3O2/c1-12(10-9-11(16)14-13-10)3-5-15(6-4-12)7-8-17-2/h9H,3-8H2,1-2H3,(H2,13,14,16). The number of piperidine rings is 1. The third-order valence-electron chi connectivity index (χ3n) is 3.82. The molecule has 0 saturated carbocycles. The van der Waals surface area contributed by atoms with Crippen molar-refractivity contribution in [1.29, 1.82) is 0 Å². The molecule has 0 bridgehead atoms. The first-order chi connectivity index (χ1) is 8.14. The SMILES string of the molecule is COCCN1CCC(C)(c2cc(=O)[nH][nH]2)CC1. The fourth-order valence-corrected chi connectivity index (χ4v) is 2.42. The van der Waals surface area contributed by atoms with Crippen LogP contribution in [0.1, 0.15) is 25.5 Å². The Hall–Kier alpha value is -1.07. The molecule has 0 aliphatic carbocycles. The van der Waals surface area contributed by atoms with E-state index in [0.29, 0.717) is 0 Å². The van der Waals surface area contributed by atoms with E-state index in [-0.39, 0.29) is 11.0 Å². The zero-order valence-corrected chi connectivity index (χ0v) is 10.6. The summed E-state index contributed by atoms with van der Waals surface area (Å²) in [5.41, 5.74) is 1.10. The van der Waals surface area contributed by atoms with Gasteiger partial charge in [-0.15, -0.1) is 0 Å². The van der Waals surface area contributed by atoms with Crippen molar-refractivity contribution in [2.24, 2.45) is 0 Å². The zero-order chi connectivity index (χ0) is 12.3. The smallest absolute Gasteiger partial charge is 0.264 e. The topological polar surface area (TPSA) is 61.1 Å². The van der Waals surface area contributed by atoms with Crippen LogP contribution < -0.4 is 5.56 Å². The predicted octanol–water partition coefficient (Wildman–Crippen LogP) is 0.703. The lowest BCUT2D eigenvalue weighted by molar-refractivity contribution is 0.113. The summed E-state index contributed by atoms with van der Waals surface area (Å²) in [5.74, 6) is 0. The first kappa shape index (κ1) is 12.4. The number of nitrogens with one attached hydrogen (secondary N) is 2. The minimum Gasteiger partial charge on any atom is -0.383 e. The Morgan fingerprint density at radius 1 is 1.41 bits per heavy atom. The number of nitrogens with zero attached hydrogens (tertiary/aromatic N) is 1. The molecule has 1 aromatic heterocycles. The highest BCUT2D eigenvalue weighted by molar-refractivity contribution is 5.14. The van der Waals surface area contributed by atoms with Crippen LogP contribution >= 0.6 is 0 Å². The second kappa shape index (κ2) is 5.06. The maximum atomic E-state index is 11.2. The summed E-state index contributed by atoms with van der Waals surface area (Å²) in [4.78, 5) is 13.6. The van der Waals surface area contributed by atoms with E-state index < -0.39 is 0 Å². The van der Waals surface area contributed by atoms with E-state index in [4.69, 9.17) is 4.74 Å². The van der Waals surface area contributed by atoms with E-state index in [9.17, 15) is 4.79 Å². The summed E-state index contributed by atoms with van der Waals surface area (Å²) in [6.07, 6.45) is 2.15. The normalized spacial score (nSPS) is 20.6. The van der Waals surface area contributed by atoms with Crippen LogP contribution in [0.4, 0.5) is 0 Å². The van der Waals surface area contributed by atoms with E-state index in [1.165, 1.54) is 0 Å². The van der Waals surface area contributed by atoms with Crippen LogP contribution in [0.3, 0.4) is 0 Å². The van der Waals surface area contributed by atoms with E-state index >= 15 is 0 Å². The van der Waals surface area contributed by atoms with Gasteiger partial charge in [-0.2, -0.15) is 0 Å². The molecule has 0 spiro atoms. The lowest BCUT2D eigenvalue weighted by atomic mass is 9.77. The van der Waals surface area contributed by atoms with Crippen LogP contribution in [0.15, 0.2) is 10.9 Å². The number of ether oxygens (including phenoxy) is 1. The molecule has 0 radical (unpaired) electrons. The van der Waals surface area contributed by atoms with Crippen LogP contribution in [0.25, 0.3) is 0 Å². The highest BCUT2D eigenvalue weighted by Gasteiger charge is 2.32. The molecular formula is C12H21N3O2. The lowest BCUT2D eigenvalue weighted by Gasteiger charge is -2.38. The Bertz CT molecular complexity index is 402. The van der Waals surface area contributed by atoms with Gasteiger partial charge in [0.1, 0.15) is 0 Å². The molecule has 96 valence electrons. The average molecular weight is 239 g/mol. The van der Waals surface area contributed by atoms with Crippen molar-refractivity contribution in [3.63, 3.8) is 0 Å². The monoisotopic (exact) mass is 239 g/mol. The molecule has 1 aliphatic rings. The van der Waals surface area contributed by atoms with Gasteiger partial charge < -0.3 is 14.7 Å². The Balaban J connectivity index is 1.95. The van der Waals surface area contributed by atoms with Crippen LogP contribution in [-0.2, 0) is 10.2 Å². The molecular weight excluding hydrogens is 218 g/mol. The molecule has 0 atom stereocenters. The van der Waals surface area contributed by atoms with Gasteiger partial charge in [0.05, 0.1) is 6.61 Å². The molecule has 2 rings (SSSR count). The van der Waals surface area contributed by atoms with E-state index in [1.807, 2.05) is 0 Å².